The summed E-state index contributed by atoms with van der Waals surface area (Å²) in [7, 11) is 0. The van der Waals surface area contributed by atoms with Gasteiger partial charge >= 0.3 is 12.6 Å². The third kappa shape index (κ3) is 5.68. The zero-order valence-corrected chi connectivity index (χ0v) is 15.8. The predicted molar refractivity (Wildman–Crippen MR) is 104 cm³/mol. The number of rotatable bonds is 8. The summed E-state index contributed by atoms with van der Waals surface area (Å²) in [6.07, 6.45) is 2.45. The molecule has 3 aromatic rings. The normalized spacial score (nSPS) is 10.9. The van der Waals surface area contributed by atoms with E-state index in [-0.39, 0.29) is 22.9 Å². The number of hydrogen-bond acceptors (Lipinski definition) is 4. The Hall–Kier alpha value is -3.13. The summed E-state index contributed by atoms with van der Waals surface area (Å²) in [6.45, 7) is -3.48. The van der Waals surface area contributed by atoms with Gasteiger partial charge in [-0.25, -0.2) is 0 Å². The van der Waals surface area contributed by atoms with Crippen LogP contribution in [0.15, 0.2) is 48.7 Å². The highest BCUT2D eigenvalue weighted by molar-refractivity contribution is 6.32. The quantitative estimate of drug-likeness (QED) is 0.522. The number of benzene rings is 2. The van der Waals surface area contributed by atoms with Crippen LogP contribution in [0.2, 0.25) is 5.02 Å². The molecule has 0 saturated heterocycles. The number of nitrogens with one attached hydrogen (secondary N) is 2. The highest BCUT2D eigenvalue weighted by Crippen LogP contribution is 2.28. The summed E-state index contributed by atoms with van der Waals surface area (Å²) in [5.41, 5.74) is 2.23. The second kappa shape index (κ2) is 9.38. The zero-order chi connectivity index (χ0) is 20.8. The fourth-order valence-corrected chi connectivity index (χ4v) is 2.99. The van der Waals surface area contributed by atoms with Crippen LogP contribution in [0.25, 0.3) is 10.9 Å². The van der Waals surface area contributed by atoms with Crippen molar-refractivity contribution < 1.29 is 27.8 Å². The maximum Gasteiger partial charge on any atom is 0.387 e. The third-order valence-corrected chi connectivity index (χ3v) is 4.36. The van der Waals surface area contributed by atoms with Crippen LogP contribution in [0.4, 0.5) is 14.5 Å². The molecule has 3 rings (SSSR count). The van der Waals surface area contributed by atoms with E-state index >= 15 is 0 Å². The summed E-state index contributed by atoms with van der Waals surface area (Å²) in [5.74, 6) is -1.29. The molecular weight excluding hydrogens is 406 g/mol. The minimum atomic E-state index is -3.00. The number of anilines is 1. The number of aromatic nitrogens is 1. The molecule has 0 fully saturated rings. The number of H-pyrrole nitrogens is 1. The fraction of sp³-hybridized carbons (Fsp3) is 0.200. The van der Waals surface area contributed by atoms with Gasteiger partial charge in [0.2, 0.25) is 0 Å². The molecule has 0 radical (unpaired) electrons. The molecule has 0 bridgehead atoms. The van der Waals surface area contributed by atoms with E-state index in [1.807, 2.05) is 30.5 Å². The number of alkyl halides is 2. The summed E-state index contributed by atoms with van der Waals surface area (Å²) >= 11 is 5.82. The Kier molecular flexibility index (Phi) is 6.66. The first-order valence-corrected chi connectivity index (χ1v) is 9.05. The number of halogens is 3. The van der Waals surface area contributed by atoms with Crippen LogP contribution in [0, 0.1) is 0 Å². The van der Waals surface area contributed by atoms with Gasteiger partial charge in [-0.1, -0.05) is 29.8 Å². The molecule has 1 heterocycles. The van der Waals surface area contributed by atoms with Gasteiger partial charge < -0.3 is 19.8 Å². The average Bonchev–Trinajstić information content (AvgIpc) is 3.10. The van der Waals surface area contributed by atoms with Gasteiger partial charge in [-0.05, 0) is 36.2 Å². The van der Waals surface area contributed by atoms with Gasteiger partial charge in [-0.2, -0.15) is 8.78 Å². The van der Waals surface area contributed by atoms with E-state index in [4.69, 9.17) is 16.3 Å². The lowest BCUT2D eigenvalue weighted by Crippen LogP contribution is -2.21. The van der Waals surface area contributed by atoms with Crippen LogP contribution in [0.1, 0.15) is 12.0 Å². The van der Waals surface area contributed by atoms with Crippen molar-refractivity contribution in [2.45, 2.75) is 19.5 Å². The van der Waals surface area contributed by atoms with Crippen molar-refractivity contribution >= 4 is 40.1 Å². The molecule has 2 aromatic carbocycles. The number of carbonyl (C=O) groups is 2. The van der Waals surface area contributed by atoms with Gasteiger partial charge in [0.1, 0.15) is 5.75 Å². The van der Waals surface area contributed by atoms with Gasteiger partial charge in [0.15, 0.2) is 6.61 Å². The molecule has 0 unspecified atom stereocenters. The van der Waals surface area contributed by atoms with Gasteiger partial charge in [0.05, 0.1) is 5.02 Å². The van der Waals surface area contributed by atoms with E-state index in [0.717, 1.165) is 16.5 Å². The number of hydrogen-bond donors (Lipinski definition) is 2. The summed E-state index contributed by atoms with van der Waals surface area (Å²) in [4.78, 5) is 27.0. The number of fused-ring (bicyclic) bond motifs is 1. The molecule has 0 aliphatic heterocycles. The second-order valence-corrected chi connectivity index (χ2v) is 6.50. The lowest BCUT2D eigenvalue weighted by molar-refractivity contribution is -0.147. The maximum atomic E-state index is 12.2. The van der Waals surface area contributed by atoms with Crippen LogP contribution < -0.4 is 10.1 Å². The number of carbonyl (C=O) groups excluding carboxylic acids is 2. The minimum Gasteiger partial charge on any atom is -0.456 e. The fourth-order valence-electron chi connectivity index (χ4n) is 2.76. The number of aryl methyl sites for hydroxylation is 1. The first-order valence-electron chi connectivity index (χ1n) is 8.67. The van der Waals surface area contributed by atoms with Crippen molar-refractivity contribution in [2.75, 3.05) is 11.9 Å². The van der Waals surface area contributed by atoms with Crippen LogP contribution in [0.3, 0.4) is 0 Å². The number of ether oxygens (including phenoxy) is 2. The first kappa shape index (κ1) is 20.6. The average molecular weight is 423 g/mol. The molecule has 0 aliphatic rings. The van der Waals surface area contributed by atoms with Crippen molar-refractivity contribution in [3.63, 3.8) is 0 Å². The van der Waals surface area contributed by atoms with Crippen LogP contribution in [-0.4, -0.2) is 30.1 Å². The Bertz CT molecular complexity index is 1020. The molecule has 29 heavy (non-hydrogen) atoms. The third-order valence-electron chi connectivity index (χ3n) is 4.07. The monoisotopic (exact) mass is 422 g/mol. The molecule has 6 nitrogen and oxygen atoms in total. The van der Waals surface area contributed by atoms with E-state index in [2.05, 4.69) is 15.0 Å². The molecule has 0 saturated carbocycles. The lowest BCUT2D eigenvalue weighted by Gasteiger charge is -2.10. The number of amides is 1. The molecule has 1 aromatic heterocycles. The van der Waals surface area contributed by atoms with Crippen LogP contribution >= 0.6 is 11.6 Å². The SMILES string of the molecule is O=C(COC(=O)CCc1c[nH]c2ccccc12)Nc1ccc(OC(F)F)c(Cl)c1. The highest BCUT2D eigenvalue weighted by Gasteiger charge is 2.12. The van der Waals surface area contributed by atoms with E-state index in [1.165, 1.54) is 18.2 Å². The van der Waals surface area contributed by atoms with E-state index in [0.29, 0.717) is 6.42 Å². The Labute approximate surface area is 169 Å². The van der Waals surface area contributed by atoms with Crippen molar-refractivity contribution in [3.8, 4) is 5.75 Å². The second-order valence-electron chi connectivity index (χ2n) is 6.09. The van der Waals surface area contributed by atoms with Crippen molar-refractivity contribution in [3.05, 3.63) is 59.2 Å². The summed E-state index contributed by atoms with van der Waals surface area (Å²) < 4.78 is 33.6. The number of aromatic amines is 1. The molecule has 2 N–H and O–H groups in total. The molecule has 9 heteroatoms. The predicted octanol–water partition coefficient (Wildman–Crippen LogP) is 4.54. The molecule has 0 atom stereocenters. The van der Waals surface area contributed by atoms with E-state index < -0.39 is 25.1 Å². The maximum absolute atomic E-state index is 12.2. The van der Waals surface area contributed by atoms with Gasteiger partial charge in [-0.15, -0.1) is 0 Å². The van der Waals surface area contributed by atoms with Gasteiger partial charge in [-0.3, -0.25) is 9.59 Å². The Balaban J connectivity index is 1.45. The highest BCUT2D eigenvalue weighted by atomic mass is 35.5. The molecule has 0 spiro atoms. The molecule has 0 aliphatic carbocycles. The van der Waals surface area contributed by atoms with Gasteiger partial charge in [0.25, 0.3) is 5.91 Å². The Morgan fingerprint density at radius 3 is 2.72 bits per heavy atom. The minimum absolute atomic E-state index is 0.0844. The largest absolute Gasteiger partial charge is 0.456 e. The Morgan fingerprint density at radius 1 is 1.17 bits per heavy atom. The summed E-state index contributed by atoms with van der Waals surface area (Å²) in [5, 5.41) is 3.42. The molecular formula is C20H17ClF2N2O4. The van der Waals surface area contributed by atoms with Crippen LogP contribution in [0.5, 0.6) is 5.75 Å². The standard InChI is InChI=1S/C20H17ClF2N2O4/c21-15-9-13(6-7-17(15)29-20(22)23)25-18(26)11-28-19(27)8-5-12-10-24-16-4-2-1-3-14(12)16/h1-4,6-7,9-10,20,24H,5,8,11H2,(H,25,26). The van der Waals surface area contributed by atoms with Crippen molar-refractivity contribution in [1.29, 1.82) is 0 Å². The van der Waals surface area contributed by atoms with Crippen molar-refractivity contribution in [1.82, 2.24) is 4.98 Å². The smallest absolute Gasteiger partial charge is 0.387 e. The Morgan fingerprint density at radius 2 is 1.97 bits per heavy atom. The zero-order valence-electron chi connectivity index (χ0n) is 15.1. The van der Waals surface area contributed by atoms with E-state index in [9.17, 15) is 18.4 Å². The summed E-state index contributed by atoms with van der Waals surface area (Å²) in [6, 6.07) is 11.6. The van der Waals surface area contributed by atoms with E-state index in [1.54, 1.807) is 0 Å². The van der Waals surface area contributed by atoms with Crippen LogP contribution in [-0.2, 0) is 20.7 Å². The topological polar surface area (TPSA) is 80.4 Å². The number of esters is 1. The lowest BCUT2D eigenvalue weighted by atomic mass is 10.1. The number of para-hydroxylation sites is 1. The molecule has 1 amide bonds. The van der Waals surface area contributed by atoms with Gasteiger partial charge in [0, 0.05) is 29.2 Å². The molecule has 152 valence electrons. The first-order chi connectivity index (χ1) is 13.9. The van der Waals surface area contributed by atoms with Crippen molar-refractivity contribution in [2.24, 2.45) is 0 Å².